The summed E-state index contributed by atoms with van der Waals surface area (Å²) < 4.78 is 76.6. The van der Waals surface area contributed by atoms with Crippen molar-refractivity contribution in [2.24, 2.45) is 5.41 Å². The van der Waals surface area contributed by atoms with Gasteiger partial charge in [-0.1, -0.05) is 11.6 Å². The first-order valence-electron chi connectivity index (χ1n) is 14.5. The summed E-state index contributed by atoms with van der Waals surface area (Å²) in [7, 11) is 0. The molecule has 1 saturated carbocycles. The van der Waals surface area contributed by atoms with E-state index in [2.05, 4.69) is 19.8 Å². The molecule has 7 rings (SSSR count). The number of pyridine rings is 1. The summed E-state index contributed by atoms with van der Waals surface area (Å²) in [6.07, 6.45) is -0.465. The normalized spacial score (nSPS) is 21.7. The predicted octanol–water partition coefficient (Wildman–Crippen LogP) is 5.33. The first-order valence-corrected chi connectivity index (χ1v) is 14.9. The van der Waals surface area contributed by atoms with Crippen LogP contribution in [0.4, 0.5) is 29.1 Å². The van der Waals surface area contributed by atoms with E-state index in [4.69, 9.17) is 36.5 Å². The molecule has 1 atom stereocenters. The first-order chi connectivity index (χ1) is 20.6. The van der Waals surface area contributed by atoms with Crippen LogP contribution in [0.15, 0.2) is 12.1 Å². The predicted molar refractivity (Wildman–Crippen MR) is 152 cm³/mol. The van der Waals surface area contributed by atoms with Gasteiger partial charge in [0.05, 0.1) is 37.0 Å². The number of halogens is 5. The average molecular weight is 623 g/mol. The molecule has 0 spiro atoms. The van der Waals surface area contributed by atoms with Crippen LogP contribution in [0.25, 0.3) is 22.2 Å². The molecule has 9 nitrogen and oxygen atoms in total. The summed E-state index contributed by atoms with van der Waals surface area (Å²) in [6.45, 7) is 5.22. The molecule has 0 radical (unpaired) electrons. The van der Waals surface area contributed by atoms with Gasteiger partial charge in [0.25, 0.3) is 0 Å². The lowest BCUT2D eigenvalue weighted by atomic mass is 10.0. The third kappa shape index (κ3) is 5.40. The van der Waals surface area contributed by atoms with Gasteiger partial charge >= 0.3 is 12.2 Å². The molecular weight excluding hydrogens is 592 g/mol. The number of hydrogen-bond acceptors (Lipinski definition) is 9. The number of fused-ring (bicyclic) bond motifs is 2. The second-order valence-electron chi connectivity index (χ2n) is 11.9. The molecule has 1 aromatic carbocycles. The molecular formula is C29H31ClF4N6O3. The fourth-order valence-corrected chi connectivity index (χ4v) is 6.78. The van der Waals surface area contributed by atoms with E-state index in [1.165, 1.54) is 0 Å². The summed E-state index contributed by atoms with van der Waals surface area (Å²) in [5, 5.41) is -0.451. The highest BCUT2D eigenvalue weighted by Gasteiger charge is 2.45. The number of aromatic nitrogens is 3. The number of alkyl halides is 3. The third-order valence-corrected chi connectivity index (χ3v) is 9.13. The van der Waals surface area contributed by atoms with Gasteiger partial charge in [-0.2, -0.15) is 23.1 Å². The van der Waals surface area contributed by atoms with Gasteiger partial charge in [-0.05, 0) is 37.8 Å². The van der Waals surface area contributed by atoms with Gasteiger partial charge < -0.3 is 24.8 Å². The van der Waals surface area contributed by atoms with Crippen molar-refractivity contribution in [3.63, 3.8) is 0 Å². The number of benzene rings is 1. The Morgan fingerprint density at radius 3 is 2.60 bits per heavy atom. The van der Waals surface area contributed by atoms with E-state index in [1.807, 2.05) is 0 Å². The van der Waals surface area contributed by atoms with Crippen molar-refractivity contribution in [1.82, 2.24) is 19.9 Å². The minimum Gasteiger partial charge on any atom is -0.477 e. The Morgan fingerprint density at radius 2 is 1.86 bits per heavy atom. The number of anilines is 2. The summed E-state index contributed by atoms with van der Waals surface area (Å²) >= 11 is 6.00. The highest BCUT2D eigenvalue weighted by molar-refractivity contribution is 6.32. The maximum atomic E-state index is 16.5. The van der Waals surface area contributed by atoms with E-state index in [0.29, 0.717) is 38.6 Å². The number of nitrogens with two attached hydrogens (primary N) is 1. The van der Waals surface area contributed by atoms with Crippen molar-refractivity contribution in [3.05, 3.63) is 28.5 Å². The molecule has 230 valence electrons. The van der Waals surface area contributed by atoms with E-state index in [9.17, 15) is 13.2 Å². The summed E-state index contributed by atoms with van der Waals surface area (Å²) in [5.41, 5.74) is 3.07. The second-order valence-corrected chi connectivity index (χ2v) is 12.3. The Bertz CT molecular complexity index is 1560. The molecule has 43 heavy (non-hydrogen) atoms. The van der Waals surface area contributed by atoms with Gasteiger partial charge in [-0.25, -0.2) is 9.37 Å². The highest BCUT2D eigenvalue weighted by atomic mass is 35.5. The van der Waals surface area contributed by atoms with Gasteiger partial charge in [0, 0.05) is 55.3 Å². The lowest BCUT2D eigenvalue weighted by molar-refractivity contribution is -0.137. The van der Waals surface area contributed by atoms with Crippen molar-refractivity contribution in [1.29, 1.82) is 0 Å². The zero-order valence-electron chi connectivity index (χ0n) is 23.4. The van der Waals surface area contributed by atoms with Gasteiger partial charge in [-0.3, -0.25) is 4.90 Å². The van der Waals surface area contributed by atoms with E-state index in [-0.39, 0.29) is 46.5 Å². The monoisotopic (exact) mass is 622 g/mol. The fourth-order valence-electron chi connectivity index (χ4n) is 6.44. The molecule has 4 aliphatic rings. The zero-order valence-corrected chi connectivity index (χ0v) is 24.1. The molecule has 0 amide bonds. The lowest BCUT2D eigenvalue weighted by Crippen LogP contribution is -2.41. The standard InChI is InChI=1S/C29H31ClF4N6O3/c30-19-13-16(35)12-18(21(19)29(32,33)34)23-22(31)24-20-25(40-6-1-2-17(40)3-9-42-26(20)36-23)38-27(37-24)43-15-28(4-5-28)14-39-7-10-41-11-8-39/h12-13,17H,1-11,14-15,35H2/t17-/m1/s1. The van der Waals surface area contributed by atoms with Crippen molar-refractivity contribution < 1.29 is 31.8 Å². The summed E-state index contributed by atoms with van der Waals surface area (Å²) in [5.74, 6) is -0.695. The minimum atomic E-state index is -4.90. The number of hydrogen-bond donors (Lipinski definition) is 1. The van der Waals surface area contributed by atoms with Crippen LogP contribution >= 0.6 is 11.6 Å². The van der Waals surface area contributed by atoms with Gasteiger partial charge in [0.1, 0.15) is 22.4 Å². The maximum absolute atomic E-state index is 16.5. The Hall–Kier alpha value is -3.16. The topological polar surface area (TPSA) is 98.9 Å². The number of ether oxygens (including phenoxy) is 3. The van der Waals surface area contributed by atoms with Gasteiger partial charge in [0.15, 0.2) is 5.82 Å². The van der Waals surface area contributed by atoms with E-state index in [0.717, 1.165) is 57.5 Å². The van der Waals surface area contributed by atoms with Crippen LogP contribution in [0.3, 0.4) is 0 Å². The molecule has 2 aromatic heterocycles. The molecule has 1 aliphatic carbocycles. The second kappa shape index (κ2) is 10.8. The Morgan fingerprint density at radius 1 is 1.07 bits per heavy atom. The van der Waals surface area contributed by atoms with Crippen LogP contribution < -0.4 is 20.1 Å². The van der Waals surface area contributed by atoms with Crippen LogP contribution in [0.2, 0.25) is 5.02 Å². The van der Waals surface area contributed by atoms with Crippen LogP contribution in [0.5, 0.6) is 11.9 Å². The average Bonchev–Trinajstić information content (AvgIpc) is 3.56. The molecule has 0 bridgehead atoms. The number of nitrogen functional groups attached to an aromatic ring is 1. The first kappa shape index (κ1) is 28.6. The Balaban J connectivity index is 1.35. The Kier molecular flexibility index (Phi) is 7.17. The number of morpholine rings is 1. The lowest BCUT2D eigenvalue weighted by Gasteiger charge is -2.31. The smallest absolute Gasteiger partial charge is 0.418 e. The molecule has 5 heterocycles. The molecule has 2 N–H and O–H groups in total. The van der Waals surface area contributed by atoms with Gasteiger partial charge in [0.2, 0.25) is 5.88 Å². The van der Waals surface area contributed by atoms with Crippen LogP contribution in [-0.4, -0.2) is 78.5 Å². The molecule has 2 saturated heterocycles. The van der Waals surface area contributed by atoms with E-state index in [1.54, 1.807) is 0 Å². The quantitative estimate of drug-likeness (QED) is 0.289. The van der Waals surface area contributed by atoms with Crippen molar-refractivity contribution >= 4 is 34.0 Å². The number of nitrogens with zero attached hydrogens (tertiary/aromatic N) is 5. The Labute approximate surface area is 250 Å². The molecule has 3 aromatic rings. The molecule has 3 aliphatic heterocycles. The maximum Gasteiger partial charge on any atom is 0.418 e. The van der Waals surface area contributed by atoms with E-state index >= 15 is 4.39 Å². The zero-order chi connectivity index (χ0) is 29.9. The molecule has 3 fully saturated rings. The van der Waals surface area contributed by atoms with Crippen molar-refractivity contribution in [2.45, 2.75) is 44.3 Å². The fraction of sp³-hybridized carbons (Fsp3) is 0.552. The molecule has 0 unspecified atom stereocenters. The van der Waals surface area contributed by atoms with Crippen LogP contribution in [0, 0.1) is 11.2 Å². The largest absolute Gasteiger partial charge is 0.477 e. The summed E-state index contributed by atoms with van der Waals surface area (Å²) in [6, 6.07) is 2.07. The number of rotatable bonds is 6. The SMILES string of the molecule is Nc1cc(Cl)c(C(F)(F)F)c(-c2nc3c4c(nc(OCC5(CN6CCOCC6)CC5)nc4c2F)N2CCC[C@@H]2CCO3)c1. The van der Waals surface area contributed by atoms with Crippen LogP contribution in [-0.2, 0) is 10.9 Å². The minimum absolute atomic E-state index is 0.0365. The van der Waals surface area contributed by atoms with Crippen LogP contribution in [0.1, 0.15) is 37.7 Å². The molecule has 14 heteroatoms. The van der Waals surface area contributed by atoms with Crippen molar-refractivity contribution in [3.8, 4) is 23.1 Å². The van der Waals surface area contributed by atoms with E-state index < -0.39 is 33.8 Å². The third-order valence-electron chi connectivity index (χ3n) is 8.83. The summed E-state index contributed by atoms with van der Waals surface area (Å²) in [4.78, 5) is 17.9. The highest BCUT2D eigenvalue weighted by Crippen LogP contribution is 2.48. The van der Waals surface area contributed by atoms with Gasteiger partial charge in [-0.15, -0.1) is 0 Å². The van der Waals surface area contributed by atoms with Crippen molar-refractivity contribution in [2.75, 3.05) is 63.2 Å².